The zero-order valence-electron chi connectivity index (χ0n) is 18.9. The molecule has 0 radical (unpaired) electrons. The molecule has 0 saturated heterocycles. The van der Waals surface area contributed by atoms with Crippen molar-refractivity contribution in [2.45, 2.75) is 45.2 Å². The summed E-state index contributed by atoms with van der Waals surface area (Å²) < 4.78 is 9.13. The first-order chi connectivity index (χ1) is 15.2. The van der Waals surface area contributed by atoms with Crippen LogP contribution in [0.25, 0.3) is 28.4 Å². The van der Waals surface area contributed by atoms with Gasteiger partial charge in [-0.15, -0.1) is 0 Å². The Bertz CT molecular complexity index is 1320. The lowest BCUT2D eigenvalue weighted by molar-refractivity contribution is 0.297. The molecule has 0 spiro atoms. The van der Waals surface area contributed by atoms with E-state index in [1.165, 1.54) is 11.9 Å². The van der Waals surface area contributed by atoms with Gasteiger partial charge in [-0.05, 0) is 45.8 Å². The van der Waals surface area contributed by atoms with E-state index in [-0.39, 0.29) is 11.1 Å². The Hall–Kier alpha value is -3.59. The van der Waals surface area contributed by atoms with Gasteiger partial charge >= 0.3 is 0 Å². The third kappa shape index (κ3) is 3.75. The van der Waals surface area contributed by atoms with Gasteiger partial charge in [-0.2, -0.15) is 5.10 Å². The fourth-order valence-corrected chi connectivity index (χ4v) is 4.49. The van der Waals surface area contributed by atoms with Gasteiger partial charge in [0, 0.05) is 29.5 Å². The van der Waals surface area contributed by atoms with Crippen molar-refractivity contribution in [2.75, 3.05) is 7.11 Å². The van der Waals surface area contributed by atoms with E-state index in [4.69, 9.17) is 14.7 Å². The van der Waals surface area contributed by atoms with Crippen LogP contribution >= 0.6 is 0 Å². The molecule has 1 aliphatic rings. The normalized spacial score (nSPS) is 17.3. The second kappa shape index (κ2) is 7.23. The molecule has 0 fully saturated rings. The van der Waals surface area contributed by atoms with Gasteiger partial charge in [-0.1, -0.05) is 6.08 Å². The summed E-state index contributed by atoms with van der Waals surface area (Å²) >= 11 is 0. The van der Waals surface area contributed by atoms with Crippen LogP contribution in [0.5, 0.6) is 5.75 Å². The highest BCUT2D eigenvalue weighted by Gasteiger charge is 2.33. The molecule has 4 aromatic heterocycles. The molecular formula is C23H26N8O. The summed E-state index contributed by atoms with van der Waals surface area (Å²) in [5, 5.41) is 7.81. The summed E-state index contributed by atoms with van der Waals surface area (Å²) in [6.07, 6.45) is 11.9. The molecule has 4 aromatic rings. The van der Waals surface area contributed by atoms with Crippen molar-refractivity contribution >= 4 is 11.4 Å². The topological polar surface area (TPSA) is 95.0 Å². The number of aromatic nitrogens is 7. The molecule has 9 nitrogen and oxygen atoms in total. The second-order valence-electron chi connectivity index (χ2n) is 9.31. The molecule has 1 aliphatic heterocycles. The van der Waals surface area contributed by atoms with Gasteiger partial charge in [0.05, 0.1) is 24.7 Å². The number of methoxy groups -OCH3 is 1. The number of hydrogen-bond acceptors (Lipinski definition) is 7. The summed E-state index contributed by atoms with van der Waals surface area (Å²) in [5.74, 6) is 1.22. The summed E-state index contributed by atoms with van der Waals surface area (Å²) in [5.41, 5.74) is 4.15. The van der Waals surface area contributed by atoms with Crippen molar-refractivity contribution in [3.63, 3.8) is 0 Å². The molecule has 9 heteroatoms. The number of fused-ring (bicyclic) bond motifs is 1. The lowest BCUT2D eigenvalue weighted by atomic mass is 9.82. The fraction of sp³-hybridized carbons (Fsp3) is 0.348. The Labute approximate surface area is 186 Å². The third-order valence-corrected chi connectivity index (χ3v) is 5.47. The monoisotopic (exact) mass is 430 g/mol. The van der Waals surface area contributed by atoms with Gasteiger partial charge in [-0.25, -0.2) is 24.6 Å². The Morgan fingerprint density at radius 3 is 2.66 bits per heavy atom. The zero-order chi connectivity index (χ0) is 22.5. The summed E-state index contributed by atoms with van der Waals surface area (Å²) in [6, 6.07) is 3.91. The third-order valence-electron chi connectivity index (χ3n) is 5.47. The zero-order valence-corrected chi connectivity index (χ0v) is 18.9. The van der Waals surface area contributed by atoms with E-state index >= 15 is 0 Å². The molecule has 0 amide bonds. The minimum absolute atomic E-state index is 0.00883. The van der Waals surface area contributed by atoms with Crippen LogP contribution in [0.1, 0.15) is 39.8 Å². The molecule has 0 unspecified atom stereocenters. The summed E-state index contributed by atoms with van der Waals surface area (Å²) in [4.78, 5) is 18.2. The van der Waals surface area contributed by atoms with Crippen LogP contribution < -0.4 is 10.1 Å². The molecular weight excluding hydrogens is 404 g/mol. The summed E-state index contributed by atoms with van der Waals surface area (Å²) in [6.45, 7) is 8.80. The smallest absolute Gasteiger partial charge is 0.234 e. The lowest BCUT2D eigenvalue weighted by Crippen LogP contribution is -2.53. The highest BCUT2D eigenvalue weighted by molar-refractivity contribution is 5.69. The van der Waals surface area contributed by atoms with Gasteiger partial charge in [0.15, 0.2) is 0 Å². The average molecular weight is 431 g/mol. The molecule has 164 valence electrons. The summed E-state index contributed by atoms with van der Waals surface area (Å²) in [7, 11) is 1.62. The largest absolute Gasteiger partial charge is 0.494 e. The van der Waals surface area contributed by atoms with E-state index in [9.17, 15) is 0 Å². The lowest BCUT2D eigenvalue weighted by Gasteiger charge is -2.41. The number of hydrogen-bond donors (Lipinski definition) is 1. The number of rotatable bonds is 4. The Morgan fingerprint density at radius 1 is 1.12 bits per heavy atom. The molecule has 0 aromatic carbocycles. The maximum absolute atomic E-state index is 5.59. The van der Waals surface area contributed by atoms with Crippen molar-refractivity contribution in [1.82, 2.24) is 39.4 Å². The second-order valence-corrected chi connectivity index (χ2v) is 9.31. The van der Waals surface area contributed by atoms with Crippen molar-refractivity contribution in [2.24, 2.45) is 0 Å². The Kier molecular flexibility index (Phi) is 4.59. The van der Waals surface area contributed by atoms with Gasteiger partial charge in [0.1, 0.15) is 29.8 Å². The Morgan fingerprint density at radius 2 is 1.94 bits per heavy atom. The Balaban J connectivity index is 1.53. The molecule has 0 saturated carbocycles. The highest BCUT2D eigenvalue weighted by atomic mass is 16.5. The first-order valence-electron chi connectivity index (χ1n) is 10.5. The molecule has 32 heavy (non-hydrogen) atoms. The van der Waals surface area contributed by atoms with Crippen LogP contribution in [0.15, 0.2) is 49.5 Å². The number of nitrogens with zero attached hydrogens (tertiary/aromatic N) is 7. The van der Waals surface area contributed by atoms with Crippen LogP contribution in [0, 0.1) is 0 Å². The molecule has 5 heterocycles. The highest BCUT2D eigenvalue weighted by Crippen LogP contribution is 2.33. The molecule has 1 N–H and O–H groups in total. The van der Waals surface area contributed by atoms with Crippen LogP contribution in [0.2, 0.25) is 0 Å². The van der Waals surface area contributed by atoms with E-state index < -0.39 is 0 Å². The number of pyridine rings is 1. The molecule has 0 bridgehead atoms. The van der Waals surface area contributed by atoms with Crippen molar-refractivity contribution < 1.29 is 4.74 Å². The average Bonchev–Trinajstić information content (AvgIpc) is 3.40. The minimum atomic E-state index is -0.103. The standard InChI is InChI=1S/C23H26N8O/c1-22(2)9-15(10-23(3,4)29-22)17-6-7-30-12-18(28-21(30)27-17)20-19(32-5)8-16(11-25-20)31-14-24-13-26-31/h6-9,11-14,29H,10H2,1-5H3. The van der Waals surface area contributed by atoms with Crippen LogP contribution in [0.4, 0.5) is 0 Å². The number of nitrogens with one attached hydrogen (secondary N) is 1. The first kappa shape index (κ1) is 20.3. The van der Waals surface area contributed by atoms with Gasteiger partial charge in [-0.3, -0.25) is 4.40 Å². The predicted molar refractivity (Wildman–Crippen MR) is 122 cm³/mol. The molecule has 0 atom stereocenters. The SMILES string of the molecule is COc1cc(-n2cncn2)cnc1-c1cn2ccc(C3=CC(C)(C)NC(C)(C)C3)nc2n1. The minimum Gasteiger partial charge on any atom is -0.494 e. The van der Waals surface area contributed by atoms with Crippen molar-refractivity contribution in [3.05, 3.63) is 55.1 Å². The first-order valence-corrected chi connectivity index (χ1v) is 10.5. The van der Waals surface area contributed by atoms with Crippen molar-refractivity contribution in [1.29, 1.82) is 0 Å². The van der Waals surface area contributed by atoms with Crippen LogP contribution in [0.3, 0.4) is 0 Å². The van der Waals surface area contributed by atoms with Crippen LogP contribution in [-0.2, 0) is 0 Å². The van der Waals surface area contributed by atoms with E-state index in [1.807, 2.05) is 28.9 Å². The quantitative estimate of drug-likeness (QED) is 0.531. The van der Waals surface area contributed by atoms with Crippen LogP contribution in [-0.4, -0.2) is 52.3 Å². The maximum atomic E-state index is 5.59. The van der Waals surface area contributed by atoms with E-state index in [0.717, 1.165) is 17.8 Å². The fourth-order valence-electron chi connectivity index (χ4n) is 4.49. The van der Waals surface area contributed by atoms with E-state index in [1.54, 1.807) is 24.3 Å². The van der Waals surface area contributed by atoms with Gasteiger partial charge < -0.3 is 10.1 Å². The number of ether oxygens (including phenoxy) is 1. The molecule has 5 rings (SSSR count). The van der Waals surface area contributed by atoms with Crippen molar-refractivity contribution in [3.8, 4) is 22.8 Å². The number of imidazole rings is 1. The van der Waals surface area contributed by atoms with E-state index in [2.05, 4.69) is 54.2 Å². The molecule has 0 aliphatic carbocycles. The van der Waals surface area contributed by atoms with Gasteiger partial charge in [0.2, 0.25) is 5.78 Å². The maximum Gasteiger partial charge on any atom is 0.234 e. The van der Waals surface area contributed by atoms with Gasteiger partial charge in [0.25, 0.3) is 0 Å². The predicted octanol–water partition coefficient (Wildman–Crippen LogP) is 3.31. The van der Waals surface area contributed by atoms with E-state index in [0.29, 0.717) is 22.9 Å².